The molecule has 1 aliphatic heterocycles. The molecule has 0 aromatic carbocycles. The Morgan fingerprint density at radius 2 is 2.24 bits per heavy atom. The Bertz CT molecular complexity index is 530. The third kappa shape index (κ3) is 1.95. The second-order valence-corrected chi connectivity index (χ2v) is 5.08. The van der Waals surface area contributed by atoms with Crippen molar-refractivity contribution in [1.82, 2.24) is 15.0 Å². The summed E-state index contributed by atoms with van der Waals surface area (Å²) in [6.45, 7) is 3.64. The van der Waals surface area contributed by atoms with E-state index < -0.39 is 0 Å². The standard InChI is InChI=1S/C11H13N5S/c1-7-13-10(12)15-11(14-7)16-4-2-9-8(6-16)3-5-17-9/h3,5H,2,4,6H2,1H3,(H2,12,13,14,15). The summed E-state index contributed by atoms with van der Waals surface area (Å²) in [4.78, 5) is 16.2. The lowest BCUT2D eigenvalue weighted by Gasteiger charge is -2.26. The number of hydrogen-bond acceptors (Lipinski definition) is 6. The molecule has 0 fully saturated rings. The Balaban J connectivity index is 1.91. The van der Waals surface area contributed by atoms with Crippen LogP contribution in [0.2, 0.25) is 0 Å². The number of thiophene rings is 1. The van der Waals surface area contributed by atoms with E-state index in [0.717, 1.165) is 19.5 Å². The fourth-order valence-corrected chi connectivity index (χ4v) is 2.94. The summed E-state index contributed by atoms with van der Waals surface area (Å²) in [5.74, 6) is 1.65. The first-order valence-corrected chi connectivity index (χ1v) is 6.38. The van der Waals surface area contributed by atoms with Crippen molar-refractivity contribution in [3.05, 3.63) is 27.7 Å². The Morgan fingerprint density at radius 1 is 1.35 bits per heavy atom. The Kier molecular flexibility index (Phi) is 2.44. The van der Waals surface area contributed by atoms with Gasteiger partial charge in [-0.05, 0) is 30.4 Å². The smallest absolute Gasteiger partial charge is 0.230 e. The molecule has 17 heavy (non-hydrogen) atoms. The number of fused-ring (bicyclic) bond motifs is 1. The van der Waals surface area contributed by atoms with Gasteiger partial charge in [0.1, 0.15) is 5.82 Å². The van der Waals surface area contributed by atoms with Gasteiger partial charge < -0.3 is 10.6 Å². The minimum absolute atomic E-state index is 0.295. The molecule has 5 nitrogen and oxygen atoms in total. The fourth-order valence-electron chi connectivity index (χ4n) is 2.05. The van der Waals surface area contributed by atoms with Crippen LogP contribution in [0.25, 0.3) is 0 Å². The maximum Gasteiger partial charge on any atom is 0.230 e. The van der Waals surface area contributed by atoms with Crippen LogP contribution in [0.4, 0.5) is 11.9 Å². The molecular formula is C11H13N5S. The van der Waals surface area contributed by atoms with Gasteiger partial charge >= 0.3 is 0 Å². The van der Waals surface area contributed by atoms with Crippen LogP contribution in [-0.4, -0.2) is 21.5 Å². The first kappa shape index (κ1) is 10.5. The zero-order valence-corrected chi connectivity index (χ0v) is 10.4. The largest absolute Gasteiger partial charge is 0.368 e. The van der Waals surface area contributed by atoms with Crippen molar-refractivity contribution in [2.75, 3.05) is 17.2 Å². The highest BCUT2D eigenvalue weighted by molar-refractivity contribution is 7.10. The summed E-state index contributed by atoms with van der Waals surface area (Å²) in [6.07, 6.45) is 1.05. The quantitative estimate of drug-likeness (QED) is 0.824. The van der Waals surface area contributed by atoms with Gasteiger partial charge in [-0.2, -0.15) is 15.0 Å². The van der Waals surface area contributed by atoms with Gasteiger partial charge in [-0.1, -0.05) is 0 Å². The molecule has 0 saturated carbocycles. The molecule has 2 N–H and O–H groups in total. The Morgan fingerprint density at radius 3 is 3.06 bits per heavy atom. The van der Waals surface area contributed by atoms with Crippen molar-refractivity contribution in [2.45, 2.75) is 19.9 Å². The number of rotatable bonds is 1. The van der Waals surface area contributed by atoms with E-state index in [2.05, 4.69) is 31.3 Å². The van der Waals surface area contributed by atoms with Gasteiger partial charge in [0.25, 0.3) is 0 Å². The highest BCUT2D eigenvalue weighted by atomic mass is 32.1. The van der Waals surface area contributed by atoms with Crippen LogP contribution in [0.3, 0.4) is 0 Å². The molecule has 0 bridgehead atoms. The lowest BCUT2D eigenvalue weighted by Crippen LogP contribution is -2.31. The lowest BCUT2D eigenvalue weighted by molar-refractivity contribution is 0.711. The minimum Gasteiger partial charge on any atom is -0.368 e. The molecule has 0 aliphatic carbocycles. The topological polar surface area (TPSA) is 67.9 Å². The first-order valence-electron chi connectivity index (χ1n) is 5.51. The summed E-state index contributed by atoms with van der Waals surface area (Å²) in [5.41, 5.74) is 7.03. The number of nitrogens with two attached hydrogens (primary N) is 1. The van der Waals surface area contributed by atoms with Crippen LogP contribution in [0, 0.1) is 6.92 Å². The summed E-state index contributed by atoms with van der Waals surface area (Å²) in [5, 5.41) is 2.14. The van der Waals surface area contributed by atoms with E-state index in [0.29, 0.717) is 17.7 Å². The number of nitrogens with zero attached hydrogens (tertiary/aromatic N) is 4. The maximum absolute atomic E-state index is 5.65. The third-order valence-electron chi connectivity index (χ3n) is 2.84. The molecule has 0 spiro atoms. The molecule has 0 saturated heterocycles. The van der Waals surface area contributed by atoms with Gasteiger partial charge in [-0.25, -0.2) is 0 Å². The predicted molar refractivity (Wildman–Crippen MR) is 68.0 cm³/mol. The highest BCUT2D eigenvalue weighted by Gasteiger charge is 2.19. The number of nitrogen functional groups attached to an aromatic ring is 1. The molecule has 0 radical (unpaired) electrons. The third-order valence-corrected chi connectivity index (χ3v) is 3.87. The summed E-state index contributed by atoms with van der Waals surface area (Å²) in [6, 6.07) is 2.17. The van der Waals surface area contributed by atoms with Crippen molar-refractivity contribution in [2.24, 2.45) is 0 Å². The SMILES string of the molecule is Cc1nc(N)nc(N2CCc3sccc3C2)n1. The van der Waals surface area contributed by atoms with Crippen molar-refractivity contribution in [3.63, 3.8) is 0 Å². The molecule has 1 aliphatic rings. The van der Waals surface area contributed by atoms with Crippen LogP contribution in [0.1, 0.15) is 16.3 Å². The zero-order valence-electron chi connectivity index (χ0n) is 9.55. The molecule has 3 heterocycles. The van der Waals surface area contributed by atoms with E-state index in [-0.39, 0.29) is 0 Å². The van der Waals surface area contributed by atoms with Crippen molar-refractivity contribution >= 4 is 23.2 Å². The van der Waals surface area contributed by atoms with Gasteiger partial charge in [-0.3, -0.25) is 0 Å². The second kappa shape index (κ2) is 3.96. The van der Waals surface area contributed by atoms with E-state index in [4.69, 9.17) is 5.73 Å². The average Bonchev–Trinajstić information content (AvgIpc) is 2.74. The van der Waals surface area contributed by atoms with E-state index in [1.165, 1.54) is 10.4 Å². The summed E-state index contributed by atoms with van der Waals surface area (Å²) < 4.78 is 0. The van der Waals surface area contributed by atoms with Crippen LogP contribution in [-0.2, 0) is 13.0 Å². The van der Waals surface area contributed by atoms with Gasteiger partial charge in [0.2, 0.25) is 11.9 Å². The van der Waals surface area contributed by atoms with Crippen molar-refractivity contribution in [3.8, 4) is 0 Å². The number of anilines is 2. The first-order chi connectivity index (χ1) is 8.22. The van der Waals surface area contributed by atoms with Crippen LogP contribution >= 0.6 is 11.3 Å². The second-order valence-electron chi connectivity index (χ2n) is 4.08. The van der Waals surface area contributed by atoms with Crippen LogP contribution in [0.5, 0.6) is 0 Å². The monoisotopic (exact) mass is 247 g/mol. The molecule has 0 atom stereocenters. The van der Waals surface area contributed by atoms with Crippen LogP contribution < -0.4 is 10.6 Å². The highest BCUT2D eigenvalue weighted by Crippen LogP contribution is 2.26. The van der Waals surface area contributed by atoms with E-state index in [1.807, 2.05) is 18.3 Å². The van der Waals surface area contributed by atoms with Crippen molar-refractivity contribution in [1.29, 1.82) is 0 Å². The number of hydrogen-bond donors (Lipinski definition) is 1. The van der Waals surface area contributed by atoms with Gasteiger partial charge in [-0.15, -0.1) is 11.3 Å². The lowest BCUT2D eigenvalue weighted by atomic mass is 10.1. The number of aryl methyl sites for hydroxylation is 1. The molecule has 6 heteroatoms. The van der Waals surface area contributed by atoms with E-state index >= 15 is 0 Å². The molecule has 0 unspecified atom stereocenters. The maximum atomic E-state index is 5.65. The summed E-state index contributed by atoms with van der Waals surface area (Å²) in [7, 11) is 0. The molecule has 88 valence electrons. The van der Waals surface area contributed by atoms with Crippen molar-refractivity contribution < 1.29 is 0 Å². The Labute approximate surface area is 103 Å². The molecule has 3 rings (SSSR count). The van der Waals surface area contributed by atoms with Gasteiger partial charge in [0.05, 0.1) is 0 Å². The van der Waals surface area contributed by atoms with Crippen LogP contribution in [0.15, 0.2) is 11.4 Å². The summed E-state index contributed by atoms with van der Waals surface area (Å²) >= 11 is 1.82. The minimum atomic E-state index is 0.295. The fraction of sp³-hybridized carbons (Fsp3) is 0.364. The normalized spacial score (nSPS) is 14.8. The molecule has 2 aromatic rings. The van der Waals surface area contributed by atoms with E-state index in [9.17, 15) is 0 Å². The predicted octanol–water partition coefficient (Wildman–Crippen LogP) is 1.39. The molecular weight excluding hydrogens is 234 g/mol. The zero-order chi connectivity index (χ0) is 11.8. The Hall–Kier alpha value is -1.69. The molecule has 2 aromatic heterocycles. The van der Waals surface area contributed by atoms with Gasteiger partial charge in [0.15, 0.2) is 0 Å². The number of aromatic nitrogens is 3. The molecule has 0 amide bonds. The van der Waals surface area contributed by atoms with Gasteiger partial charge in [0, 0.05) is 18.0 Å². The average molecular weight is 247 g/mol. The van der Waals surface area contributed by atoms with E-state index in [1.54, 1.807) is 0 Å².